The van der Waals surface area contributed by atoms with E-state index in [1.54, 1.807) is 7.11 Å². The van der Waals surface area contributed by atoms with Gasteiger partial charge in [-0.05, 0) is 36.8 Å². The molecule has 1 saturated heterocycles. The van der Waals surface area contributed by atoms with E-state index >= 15 is 0 Å². The van der Waals surface area contributed by atoms with Gasteiger partial charge in [-0.3, -0.25) is 4.90 Å². The smallest absolute Gasteiger partial charge is 0.123 e. The highest BCUT2D eigenvalue weighted by Gasteiger charge is 2.21. The van der Waals surface area contributed by atoms with E-state index in [2.05, 4.69) is 22.8 Å². The molecule has 1 aliphatic rings. The summed E-state index contributed by atoms with van der Waals surface area (Å²) in [5.41, 5.74) is 2.43. The van der Waals surface area contributed by atoms with E-state index < -0.39 is 6.10 Å². The Balaban J connectivity index is 1.45. The predicted molar refractivity (Wildman–Crippen MR) is 109 cm³/mol. The summed E-state index contributed by atoms with van der Waals surface area (Å²) >= 11 is 6.15. The van der Waals surface area contributed by atoms with Gasteiger partial charge >= 0.3 is 0 Å². The molecular formula is C21H27ClN2O3. The second kappa shape index (κ2) is 9.31. The van der Waals surface area contributed by atoms with E-state index in [1.165, 1.54) is 11.3 Å². The first-order valence-corrected chi connectivity index (χ1v) is 9.61. The third-order valence-corrected chi connectivity index (χ3v) is 5.07. The van der Waals surface area contributed by atoms with Crippen LogP contribution in [-0.4, -0.2) is 62.6 Å². The van der Waals surface area contributed by atoms with Gasteiger partial charge in [0.25, 0.3) is 0 Å². The summed E-state index contributed by atoms with van der Waals surface area (Å²) in [6.45, 7) is 6.63. The molecule has 5 nitrogen and oxygen atoms in total. The maximum absolute atomic E-state index is 10.3. The first-order valence-electron chi connectivity index (χ1n) is 9.23. The molecule has 0 aromatic heterocycles. The van der Waals surface area contributed by atoms with Crippen molar-refractivity contribution in [3.05, 3.63) is 53.1 Å². The van der Waals surface area contributed by atoms with Crippen LogP contribution in [0.1, 0.15) is 5.56 Å². The highest BCUT2D eigenvalue weighted by Crippen LogP contribution is 2.25. The lowest BCUT2D eigenvalue weighted by Crippen LogP contribution is -2.49. The second-order valence-electron chi connectivity index (χ2n) is 6.86. The van der Waals surface area contributed by atoms with Crippen molar-refractivity contribution in [3.63, 3.8) is 0 Å². The standard InChI is InChI=1S/C21H27ClN2O3/c1-16-6-7-17(22)12-21(16)24-10-8-23(9-11-24)14-18(25)15-27-20-5-3-4-19(13-20)26-2/h3-7,12-13,18,25H,8-11,14-15H2,1-2H3/t18-/m1/s1. The van der Waals surface area contributed by atoms with Crippen LogP contribution < -0.4 is 14.4 Å². The number of aliphatic hydroxyl groups is 1. The topological polar surface area (TPSA) is 45.2 Å². The fourth-order valence-corrected chi connectivity index (χ4v) is 3.50. The number of hydrogen-bond donors (Lipinski definition) is 1. The fourth-order valence-electron chi connectivity index (χ4n) is 3.33. The maximum atomic E-state index is 10.3. The number of halogens is 1. The van der Waals surface area contributed by atoms with Gasteiger partial charge in [-0.2, -0.15) is 0 Å². The number of benzene rings is 2. The molecule has 1 N–H and O–H groups in total. The number of rotatable bonds is 7. The third kappa shape index (κ3) is 5.51. The molecule has 0 bridgehead atoms. The number of piperazine rings is 1. The largest absolute Gasteiger partial charge is 0.497 e. The van der Waals surface area contributed by atoms with Crippen LogP contribution in [0.2, 0.25) is 5.02 Å². The highest BCUT2D eigenvalue weighted by molar-refractivity contribution is 6.30. The Bertz CT molecular complexity index is 748. The predicted octanol–water partition coefficient (Wildman–Crippen LogP) is 3.22. The Kier molecular flexibility index (Phi) is 6.83. The highest BCUT2D eigenvalue weighted by atomic mass is 35.5. The van der Waals surface area contributed by atoms with Crippen molar-refractivity contribution in [1.29, 1.82) is 0 Å². The van der Waals surface area contributed by atoms with Crippen molar-refractivity contribution in [2.75, 3.05) is 51.3 Å². The second-order valence-corrected chi connectivity index (χ2v) is 7.30. The molecule has 1 atom stereocenters. The zero-order valence-corrected chi connectivity index (χ0v) is 16.7. The molecule has 0 unspecified atom stereocenters. The summed E-state index contributed by atoms with van der Waals surface area (Å²) in [5, 5.41) is 11.1. The lowest BCUT2D eigenvalue weighted by molar-refractivity contribution is 0.0662. The first-order chi connectivity index (χ1) is 13.0. The minimum Gasteiger partial charge on any atom is -0.497 e. The SMILES string of the molecule is COc1cccc(OC[C@H](O)CN2CCN(c3cc(Cl)ccc3C)CC2)c1. The molecule has 6 heteroatoms. The summed E-state index contributed by atoms with van der Waals surface area (Å²) < 4.78 is 10.9. The number of nitrogens with zero attached hydrogens (tertiary/aromatic N) is 2. The zero-order chi connectivity index (χ0) is 19.2. The van der Waals surface area contributed by atoms with Crippen LogP contribution >= 0.6 is 11.6 Å². The van der Waals surface area contributed by atoms with Gasteiger partial charge in [0.15, 0.2) is 0 Å². The average molecular weight is 391 g/mol. The average Bonchev–Trinajstić information content (AvgIpc) is 2.69. The Morgan fingerprint density at radius 1 is 1.07 bits per heavy atom. The molecule has 1 aliphatic heterocycles. The van der Waals surface area contributed by atoms with E-state index in [9.17, 15) is 5.11 Å². The summed E-state index contributed by atoms with van der Waals surface area (Å²) in [6, 6.07) is 13.4. The van der Waals surface area contributed by atoms with E-state index in [0.29, 0.717) is 12.3 Å². The fraction of sp³-hybridized carbons (Fsp3) is 0.429. The van der Waals surface area contributed by atoms with Crippen molar-refractivity contribution in [2.24, 2.45) is 0 Å². The van der Waals surface area contributed by atoms with Crippen LogP contribution in [0, 0.1) is 6.92 Å². The monoisotopic (exact) mass is 390 g/mol. The summed E-state index contributed by atoms with van der Waals surface area (Å²) in [4.78, 5) is 4.63. The van der Waals surface area contributed by atoms with E-state index in [1.807, 2.05) is 36.4 Å². The van der Waals surface area contributed by atoms with Gasteiger partial charge in [-0.15, -0.1) is 0 Å². The molecular weight excluding hydrogens is 364 g/mol. The molecule has 0 aliphatic carbocycles. The van der Waals surface area contributed by atoms with E-state index in [0.717, 1.165) is 37.0 Å². The Morgan fingerprint density at radius 2 is 1.81 bits per heavy atom. The van der Waals surface area contributed by atoms with Crippen LogP contribution in [0.15, 0.2) is 42.5 Å². The van der Waals surface area contributed by atoms with Gasteiger partial charge in [0.1, 0.15) is 24.2 Å². The third-order valence-electron chi connectivity index (χ3n) is 4.84. The van der Waals surface area contributed by atoms with Crippen LogP contribution in [0.5, 0.6) is 11.5 Å². The quantitative estimate of drug-likeness (QED) is 0.786. The van der Waals surface area contributed by atoms with Crippen molar-refractivity contribution >= 4 is 17.3 Å². The minimum absolute atomic E-state index is 0.265. The van der Waals surface area contributed by atoms with Crippen LogP contribution in [0.25, 0.3) is 0 Å². The maximum Gasteiger partial charge on any atom is 0.123 e. The van der Waals surface area contributed by atoms with Crippen LogP contribution in [0.4, 0.5) is 5.69 Å². The Labute approximate surface area is 166 Å². The van der Waals surface area contributed by atoms with Gasteiger partial charge in [0.05, 0.1) is 7.11 Å². The molecule has 1 fully saturated rings. The molecule has 3 rings (SSSR count). The van der Waals surface area contributed by atoms with Gasteiger partial charge < -0.3 is 19.5 Å². The van der Waals surface area contributed by atoms with Gasteiger partial charge in [-0.1, -0.05) is 23.7 Å². The molecule has 0 amide bonds. The van der Waals surface area contributed by atoms with Crippen molar-refractivity contribution in [1.82, 2.24) is 4.90 Å². The Hall–Kier alpha value is -1.95. The number of anilines is 1. The molecule has 0 spiro atoms. The number of aryl methyl sites for hydroxylation is 1. The van der Waals surface area contributed by atoms with Gasteiger partial charge in [0, 0.05) is 49.5 Å². The van der Waals surface area contributed by atoms with Crippen LogP contribution in [0.3, 0.4) is 0 Å². The summed E-state index contributed by atoms with van der Waals surface area (Å²) in [7, 11) is 1.62. The van der Waals surface area contributed by atoms with Crippen LogP contribution in [-0.2, 0) is 0 Å². The normalized spacial score (nSPS) is 16.2. The number of β-amino-alcohol motifs (C(OH)–C–C–N with tert-alkyl or cyclic N) is 1. The van der Waals surface area contributed by atoms with Crippen molar-refractivity contribution in [3.8, 4) is 11.5 Å². The molecule has 27 heavy (non-hydrogen) atoms. The Morgan fingerprint density at radius 3 is 2.56 bits per heavy atom. The molecule has 0 radical (unpaired) electrons. The molecule has 2 aromatic rings. The van der Waals surface area contributed by atoms with E-state index in [4.69, 9.17) is 21.1 Å². The van der Waals surface area contributed by atoms with Crippen molar-refractivity contribution in [2.45, 2.75) is 13.0 Å². The first kappa shape index (κ1) is 19.8. The number of hydrogen-bond acceptors (Lipinski definition) is 5. The molecule has 0 saturated carbocycles. The number of ether oxygens (including phenoxy) is 2. The summed E-state index contributed by atoms with van der Waals surface area (Å²) in [6.07, 6.45) is -0.532. The zero-order valence-electron chi connectivity index (χ0n) is 15.9. The lowest BCUT2D eigenvalue weighted by Gasteiger charge is -2.37. The minimum atomic E-state index is -0.532. The lowest BCUT2D eigenvalue weighted by atomic mass is 10.1. The molecule has 146 valence electrons. The van der Waals surface area contributed by atoms with Gasteiger partial charge in [-0.25, -0.2) is 0 Å². The summed E-state index contributed by atoms with van der Waals surface area (Å²) in [5.74, 6) is 1.45. The number of methoxy groups -OCH3 is 1. The number of aliphatic hydroxyl groups excluding tert-OH is 1. The van der Waals surface area contributed by atoms with Gasteiger partial charge in [0.2, 0.25) is 0 Å². The van der Waals surface area contributed by atoms with E-state index in [-0.39, 0.29) is 6.61 Å². The van der Waals surface area contributed by atoms with Crippen molar-refractivity contribution < 1.29 is 14.6 Å². The molecule has 1 heterocycles. The molecule has 2 aromatic carbocycles.